The van der Waals surface area contributed by atoms with Crippen molar-refractivity contribution in [2.75, 3.05) is 20.8 Å². The lowest BCUT2D eigenvalue weighted by molar-refractivity contribution is -0.0155. The number of para-hydroxylation sites is 2. The van der Waals surface area contributed by atoms with Crippen LogP contribution < -0.4 is 14.2 Å². The van der Waals surface area contributed by atoms with Crippen LogP contribution in [0.2, 0.25) is 0 Å². The third-order valence-corrected chi connectivity index (χ3v) is 3.69. The van der Waals surface area contributed by atoms with Crippen LogP contribution in [-0.4, -0.2) is 32.0 Å². The van der Waals surface area contributed by atoms with Crippen molar-refractivity contribution in [2.45, 2.75) is 26.1 Å². The minimum Gasteiger partial charge on any atom is -0.504 e. The SMILES string of the molecule is CCOC(c1ccc(O)c(OC)c1)[C@H](C)Oc1ccccc1OC. The van der Waals surface area contributed by atoms with Crippen molar-refractivity contribution >= 4 is 0 Å². The van der Waals surface area contributed by atoms with Gasteiger partial charge in [0.2, 0.25) is 0 Å². The van der Waals surface area contributed by atoms with Crippen LogP contribution in [0.25, 0.3) is 0 Å². The molecule has 0 heterocycles. The van der Waals surface area contributed by atoms with Crippen LogP contribution in [0.15, 0.2) is 42.5 Å². The van der Waals surface area contributed by atoms with Crippen molar-refractivity contribution in [3.05, 3.63) is 48.0 Å². The van der Waals surface area contributed by atoms with E-state index in [1.54, 1.807) is 25.3 Å². The summed E-state index contributed by atoms with van der Waals surface area (Å²) in [6.07, 6.45) is -0.579. The Bertz CT molecular complexity index is 656. The summed E-state index contributed by atoms with van der Waals surface area (Å²) in [4.78, 5) is 0. The number of phenolic OH excluding ortho intramolecular Hbond substituents is 1. The van der Waals surface area contributed by atoms with Crippen LogP contribution in [0, 0.1) is 0 Å². The van der Waals surface area contributed by atoms with Gasteiger partial charge < -0.3 is 24.1 Å². The van der Waals surface area contributed by atoms with Crippen molar-refractivity contribution in [3.63, 3.8) is 0 Å². The predicted octanol–water partition coefficient (Wildman–Crippen LogP) is 3.95. The quantitative estimate of drug-likeness (QED) is 0.793. The average Bonchev–Trinajstić information content (AvgIpc) is 2.60. The van der Waals surface area contributed by atoms with Gasteiger partial charge in [0.15, 0.2) is 23.0 Å². The van der Waals surface area contributed by atoms with Gasteiger partial charge in [0.1, 0.15) is 12.2 Å². The van der Waals surface area contributed by atoms with E-state index in [-0.39, 0.29) is 18.0 Å². The summed E-state index contributed by atoms with van der Waals surface area (Å²) in [5.41, 5.74) is 0.869. The lowest BCUT2D eigenvalue weighted by Gasteiger charge is -2.26. The molecule has 2 aromatic carbocycles. The first-order valence-electron chi connectivity index (χ1n) is 7.88. The van der Waals surface area contributed by atoms with Gasteiger partial charge in [-0.05, 0) is 43.7 Å². The van der Waals surface area contributed by atoms with Crippen molar-refractivity contribution in [1.29, 1.82) is 0 Å². The van der Waals surface area contributed by atoms with Gasteiger partial charge in [0, 0.05) is 6.61 Å². The largest absolute Gasteiger partial charge is 0.504 e. The molecule has 0 bridgehead atoms. The average molecular weight is 332 g/mol. The van der Waals surface area contributed by atoms with E-state index in [1.807, 2.05) is 38.1 Å². The fraction of sp³-hybridized carbons (Fsp3) is 0.368. The fourth-order valence-electron chi connectivity index (χ4n) is 2.53. The second-order valence-corrected chi connectivity index (χ2v) is 5.28. The lowest BCUT2D eigenvalue weighted by Crippen LogP contribution is -2.24. The van der Waals surface area contributed by atoms with E-state index in [2.05, 4.69) is 0 Å². The molecule has 130 valence electrons. The second-order valence-electron chi connectivity index (χ2n) is 5.28. The van der Waals surface area contributed by atoms with Crippen molar-refractivity contribution in [2.24, 2.45) is 0 Å². The number of hydrogen-bond donors (Lipinski definition) is 1. The minimum atomic E-state index is -0.311. The summed E-state index contributed by atoms with van der Waals surface area (Å²) < 4.78 is 22.4. The Kier molecular flexibility index (Phi) is 6.32. The standard InChI is InChI=1S/C19H24O5/c1-5-23-19(14-10-11-15(20)18(12-14)22-4)13(2)24-17-9-7-6-8-16(17)21-3/h6-13,19-20H,5H2,1-4H3/t13-,19?/m0/s1. The van der Waals surface area contributed by atoms with E-state index in [0.29, 0.717) is 23.9 Å². The summed E-state index contributed by atoms with van der Waals surface area (Å²) in [6, 6.07) is 12.6. The molecule has 5 nitrogen and oxygen atoms in total. The van der Waals surface area contributed by atoms with E-state index >= 15 is 0 Å². The molecule has 0 amide bonds. The first-order valence-corrected chi connectivity index (χ1v) is 7.88. The van der Waals surface area contributed by atoms with Crippen LogP contribution >= 0.6 is 0 Å². The van der Waals surface area contributed by atoms with E-state index in [1.165, 1.54) is 7.11 Å². The molecule has 2 atom stereocenters. The summed E-state index contributed by atoms with van der Waals surface area (Å²) in [6.45, 7) is 4.40. The Hall–Kier alpha value is -2.40. The first-order chi connectivity index (χ1) is 11.6. The van der Waals surface area contributed by atoms with Crippen LogP contribution in [0.5, 0.6) is 23.0 Å². The van der Waals surface area contributed by atoms with E-state index in [0.717, 1.165) is 5.56 Å². The van der Waals surface area contributed by atoms with E-state index in [4.69, 9.17) is 18.9 Å². The molecule has 5 heteroatoms. The topological polar surface area (TPSA) is 57.2 Å². The maximum Gasteiger partial charge on any atom is 0.161 e. The normalized spacial score (nSPS) is 13.2. The Morgan fingerprint density at radius 3 is 2.25 bits per heavy atom. The molecule has 0 saturated heterocycles. The number of phenols is 1. The van der Waals surface area contributed by atoms with Crippen molar-refractivity contribution in [3.8, 4) is 23.0 Å². The number of rotatable bonds is 8. The molecule has 0 radical (unpaired) electrons. The maximum absolute atomic E-state index is 9.78. The molecule has 24 heavy (non-hydrogen) atoms. The van der Waals surface area contributed by atoms with Crippen LogP contribution in [-0.2, 0) is 4.74 Å². The maximum atomic E-state index is 9.78. The minimum absolute atomic E-state index is 0.0924. The Balaban J connectivity index is 2.26. The molecular weight excluding hydrogens is 308 g/mol. The van der Waals surface area contributed by atoms with Gasteiger partial charge in [-0.3, -0.25) is 0 Å². The summed E-state index contributed by atoms with van der Waals surface area (Å²) in [7, 11) is 3.13. The summed E-state index contributed by atoms with van der Waals surface area (Å²) >= 11 is 0. The lowest BCUT2D eigenvalue weighted by atomic mass is 10.0. The van der Waals surface area contributed by atoms with E-state index < -0.39 is 0 Å². The number of methoxy groups -OCH3 is 2. The van der Waals surface area contributed by atoms with Gasteiger partial charge >= 0.3 is 0 Å². The zero-order valence-electron chi connectivity index (χ0n) is 14.5. The molecule has 1 N–H and O–H groups in total. The smallest absolute Gasteiger partial charge is 0.161 e. The van der Waals surface area contributed by atoms with Gasteiger partial charge in [0.25, 0.3) is 0 Å². The predicted molar refractivity (Wildman–Crippen MR) is 92.1 cm³/mol. The molecule has 1 unspecified atom stereocenters. The molecule has 0 aliphatic heterocycles. The molecule has 0 spiro atoms. The van der Waals surface area contributed by atoms with Gasteiger partial charge in [-0.25, -0.2) is 0 Å². The third kappa shape index (κ3) is 4.11. The number of aromatic hydroxyl groups is 1. The Morgan fingerprint density at radius 2 is 1.62 bits per heavy atom. The molecule has 2 aromatic rings. The number of benzene rings is 2. The first kappa shape index (κ1) is 17.9. The Labute approximate surface area is 142 Å². The third-order valence-electron chi connectivity index (χ3n) is 3.69. The van der Waals surface area contributed by atoms with Crippen molar-refractivity contribution in [1.82, 2.24) is 0 Å². The van der Waals surface area contributed by atoms with Gasteiger partial charge in [-0.2, -0.15) is 0 Å². The highest BCUT2D eigenvalue weighted by molar-refractivity contribution is 5.43. The zero-order valence-corrected chi connectivity index (χ0v) is 14.5. The fourth-order valence-corrected chi connectivity index (χ4v) is 2.53. The molecule has 0 aliphatic rings. The van der Waals surface area contributed by atoms with Crippen LogP contribution in [0.3, 0.4) is 0 Å². The van der Waals surface area contributed by atoms with Gasteiger partial charge in [-0.1, -0.05) is 18.2 Å². The molecule has 0 aliphatic carbocycles. The highest BCUT2D eigenvalue weighted by atomic mass is 16.6. The summed E-state index contributed by atoms with van der Waals surface area (Å²) in [5.74, 6) is 1.82. The molecular formula is C19H24O5. The monoisotopic (exact) mass is 332 g/mol. The summed E-state index contributed by atoms with van der Waals surface area (Å²) in [5, 5.41) is 9.78. The van der Waals surface area contributed by atoms with Crippen LogP contribution in [0.4, 0.5) is 0 Å². The molecule has 0 saturated carbocycles. The Morgan fingerprint density at radius 1 is 0.958 bits per heavy atom. The highest BCUT2D eigenvalue weighted by Gasteiger charge is 2.23. The number of ether oxygens (including phenoxy) is 4. The molecule has 2 rings (SSSR count). The number of hydrogen-bond acceptors (Lipinski definition) is 5. The van der Waals surface area contributed by atoms with E-state index in [9.17, 15) is 5.11 Å². The van der Waals surface area contributed by atoms with Crippen molar-refractivity contribution < 1.29 is 24.1 Å². The molecule has 0 aromatic heterocycles. The van der Waals surface area contributed by atoms with Gasteiger partial charge in [0.05, 0.1) is 14.2 Å². The van der Waals surface area contributed by atoms with Gasteiger partial charge in [-0.15, -0.1) is 0 Å². The highest BCUT2D eigenvalue weighted by Crippen LogP contribution is 2.34. The second kappa shape index (κ2) is 8.45. The zero-order chi connectivity index (χ0) is 17.5. The molecule has 0 fully saturated rings. The van der Waals surface area contributed by atoms with Crippen LogP contribution in [0.1, 0.15) is 25.5 Å².